The van der Waals surface area contributed by atoms with Gasteiger partial charge in [-0.25, -0.2) is 0 Å². The van der Waals surface area contributed by atoms with E-state index in [9.17, 15) is 19.8 Å². The predicted octanol–water partition coefficient (Wildman–Crippen LogP) is 3.73. The molecule has 3 aromatic rings. The summed E-state index contributed by atoms with van der Waals surface area (Å²) in [6, 6.07) is 16.7. The minimum Gasteiger partial charge on any atom is -0.508 e. The lowest BCUT2D eigenvalue weighted by molar-refractivity contribution is -0.132. The van der Waals surface area contributed by atoms with Crippen molar-refractivity contribution >= 4 is 11.8 Å². The fraction of sp³-hybridized carbons (Fsp3) is 0.472. The number of aromatic nitrogens is 1. The number of benzene rings is 2. The van der Waals surface area contributed by atoms with E-state index >= 15 is 0 Å². The summed E-state index contributed by atoms with van der Waals surface area (Å²) in [6.45, 7) is 13.0. The Bertz CT molecular complexity index is 1390. The molecule has 45 heavy (non-hydrogen) atoms. The number of aliphatic hydroxyl groups is 1. The number of piperazine rings is 1. The van der Waals surface area contributed by atoms with E-state index in [4.69, 9.17) is 0 Å². The van der Waals surface area contributed by atoms with Crippen molar-refractivity contribution in [2.24, 2.45) is 5.92 Å². The average molecular weight is 616 g/mol. The normalized spacial score (nSPS) is 17.4. The molecule has 9 nitrogen and oxygen atoms in total. The van der Waals surface area contributed by atoms with Crippen molar-refractivity contribution in [3.8, 4) is 5.75 Å². The molecule has 4 rings (SSSR count). The molecule has 1 aromatic heterocycles. The van der Waals surface area contributed by atoms with Gasteiger partial charge in [0.1, 0.15) is 11.8 Å². The highest BCUT2D eigenvalue weighted by Crippen LogP contribution is 2.22. The van der Waals surface area contributed by atoms with Gasteiger partial charge in [0.25, 0.3) is 0 Å². The van der Waals surface area contributed by atoms with Crippen LogP contribution in [0.15, 0.2) is 67.0 Å². The monoisotopic (exact) mass is 615 g/mol. The number of hydrogen-bond donors (Lipinski definition) is 4. The van der Waals surface area contributed by atoms with Crippen LogP contribution in [0.1, 0.15) is 55.0 Å². The molecule has 1 saturated heterocycles. The third-order valence-corrected chi connectivity index (χ3v) is 8.32. The van der Waals surface area contributed by atoms with Gasteiger partial charge in [-0.05, 0) is 93.5 Å². The fourth-order valence-corrected chi connectivity index (χ4v) is 6.12. The second-order valence-electron chi connectivity index (χ2n) is 13.4. The van der Waals surface area contributed by atoms with Crippen LogP contribution in [0.2, 0.25) is 0 Å². The molecule has 242 valence electrons. The Balaban J connectivity index is 1.46. The van der Waals surface area contributed by atoms with Gasteiger partial charge in [0.15, 0.2) is 0 Å². The number of hydrogen-bond acceptors (Lipinski definition) is 7. The molecular formula is C36H49N5O4. The number of aliphatic hydroxyl groups excluding tert-OH is 1. The summed E-state index contributed by atoms with van der Waals surface area (Å²) >= 11 is 0. The molecule has 2 amide bonds. The first-order valence-electron chi connectivity index (χ1n) is 15.8. The highest BCUT2D eigenvalue weighted by Gasteiger charge is 2.35. The Labute approximate surface area is 267 Å². The summed E-state index contributed by atoms with van der Waals surface area (Å²) < 4.78 is 0. The lowest BCUT2D eigenvalue weighted by Crippen LogP contribution is -2.61. The smallest absolute Gasteiger partial charge is 0.239 e. The number of phenolic OH excluding ortho intramolecular Hbond substituents is 1. The first kappa shape index (κ1) is 34.1. The molecule has 1 fully saturated rings. The maximum Gasteiger partial charge on any atom is 0.239 e. The maximum absolute atomic E-state index is 13.6. The van der Waals surface area contributed by atoms with Crippen molar-refractivity contribution < 1.29 is 19.8 Å². The van der Waals surface area contributed by atoms with Crippen LogP contribution in [0.25, 0.3) is 0 Å². The van der Waals surface area contributed by atoms with E-state index in [-0.39, 0.29) is 36.1 Å². The van der Waals surface area contributed by atoms with Crippen molar-refractivity contribution in [2.45, 2.75) is 78.2 Å². The molecule has 4 N–H and O–H groups in total. The van der Waals surface area contributed by atoms with Crippen molar-refractivity contribution in [3.63, 3.8) is 0 Å². The standard InChI is InChI=1S/C36H49N5O4/c1-25-16-30(42)17-26(2)32(25)21-38-34(44)29(18-27-10-7-6-8-11-27)19-31(43)23-41-15-14-40(22-28-12-9-13-37-20-28)24-33(41)35(45)39-36(3,4)5/h6-13,16-17,20,29,31,33,42-43H,14-15,18-19,21-24H2,1-5H3,(H,38,44)(H,39,45)/t29-,31+,33+/m1/s1. The summed E-state index contributed by atoms with van der Waals surface area (Å²) in [4.78, 5) is 35.7. The molecule has 0 bridgehead atoms. The average Bonchev–Trinajstić information content (AvgIpc) is 2.97. The van der Waals surface area contributed by atoms with E-state index in [1.54, 1.807) is 18.3 Å². The van der Waals surface area contributed by atoms with Crippen LogP contribution in [0.4, 0.5) is 0 Å². The summed E-state index contributed by atoms with van der Waals surface area (Å²) in [6.07, 6.45) is 3.55. The molecule has 1 aliphatic heterocycles. The number of nitrogens with one attached hydrogen (secondary N) is 2. The molecule has 3 atom stereocenters. The van der Waals surface area contributed by atoms with E-state index in [0.717, 1.165) is 34.4 Å². The van der Waals surface area contributed by atoms with Gasteiger partial charge in [-0.3, -0.25) is 24.4 Å². The van der Waals surface area contributed by atoms with Crippen LogP contribution < -0.4 is 10.6 Å². The van der Waals surface area contributed by atoms with Crippen LogP contribution in [-0.2, 0) is 29.1 Å². The van der Waals surface area contributed by atoms with Gasteiger partial charge in [-0.15, -0.1) is 0 Å². The molecule has 9 heteroatoms. The molecule has 2 aromatic carbocycles. The lowest BCUT2D eigenvalue weighted by Gasteiger charge is -2.42. The SMILES string of the molecule is Cc1cc(O)cc(C)c1CNC(=O)[C@H](Cc1ccccc1)C[C@H](O)CN1CCN(Cc2cccnc2)C[C@H]1C(=O)NC(C)(C)C. The summed E-state index contributed by atoms with van der Waals surface area (Å²) in [5.41, 5.74) is 4.52. The summed E-state index contributed by atoms with van der Waals surface area (Å²) in [5, 5.41) is 27.6. The van der Waals surface area contributed by atoms with Crippen LogP contribution in [0.5, 0.6) is 5.75 Å². The van der Waals surface area contributed by atoms with E-state index < -0.39 is 18.1 Å². The highest BCUT2D eigenvalue weighted by atomic mass is 16.3. The fourth-order valence-electron chi connectivity index (χ4n) is 6.12. The van der Waals surface area contributed by atoms with Crippen molar-refractivity contribution in [1.82, 2.24) is 25.4 Å². The number of nitrogens with zero attached hydrogens (tertiary/aromatic N) is 3. The highest BCUT2D eigenvalue weighted by molar-refractivity contribution is 5.83. The number of phenols is 1. The van der Waals surface area contributed by atoms with Crippen molar-refractivity contribution in [1.29, 1.82) is 0 Å². The van der Waals surface area contributed by atoms with Gasteiger partial charge in [-0.2, -0.15) is 0 Å². The number of carbonyl (C=O) groups excluding carboxylic acids is 2. The van der Waals surface area contributed by atoms with Crippen molar-refractivity contribution in [2.75, 3.05) is 26.2 Å². The van der Waals surface area contributed by atoms with E-state index in [2.05, 4.69) is 25.4 Å². The third-order valence-electron chi connectivity index (χ3n) is 8.32. The maximum atomic E-state index is 13.6. The second kappa shape index (κ2) is 15.5. The molecular weight excluding hydrogens is 566 g/mol. The summed E-state index contributed by atoms with van der Waals surface area (Å²) in [7, 11) is 0. The molecule has 0 spiro atoms. The topological polar surface area (TPSA) is 118 Å². The Morgan fingerprint density at radius 1 is 1.02 bits per heavy atom. The molecule has 1 aliphatic rings. The van der Waals surface area contributed by atoms with Gasteiger partial charge < -0.3 is 20.8 Å². The van der Waals surface area contributed by atoms with E-state index in [1.165, 1.54) is 0 Å². The van der Waals surface area contributed by atoms with Crippen LogP contribution >= 0.6 is 0 Å². The lowest BCUT2D eigenvalue weighted by atomic mass is 9.92. The minimum atomic E-state index is -0.809. The van der Waals surface area contributed by atoms with E-state index in [1.807, 2.05) is 83.3 Å². The van der Waals surface area contributed by atoms with Crippen LogP contribution in [0, 0.1) is 19.8 Å². The Morgan fingerprint density at radius 3 is 2.36 bits per heavy atom. The van der Waals surface area contributed by atoms with Gasteiger partial charge in [-0.1, -0.05) is 36.4 Å². The van der Waals surface area contributed by atoms with Crippen LogP contribution in [-0.4, -0.2) is 80.7 Å². The van der Waals surface area contributed by atoms with Crippen LogP contribution in [0.3, 0.4) is 0 Å². The molecule has 0 aliphatic carbocycles. The number of amides is 2. The Morgan fingerprint density at radius 2 is 1.71 bits per heavy atom. The number of aromatic hydroxyl groups is 1. The van der Waals surface area contributed by atoms with Gasteiger partial charge in [0.05, 0.1) is 6.10 Å². The van der Waals surface area contributed by atoms with Gasteiger partial charge in [0, 0.05) is 63.1 Å². The number of rotatable bonds is 12. The Hall–Kier alpha value is -3.79. The molecule has 2 heterocycles. The summed E-state index contributed by atoms with van der Waals surface area (Å²) in [5.74, 6) is -0.455. The molecule has 0 saturated carbocycles. The zero-order valence-electron chi connectivity index (χ0n) is 27.3. The van der Waals surface area contributed by atoms with Crippen molar-refractivity contribution in [3.05, 3.63) is 94.8 Å². The van der Waals surface area contributed by atoms with Gasteiger partial charge >= 0.3 is 0 Å². The number of pyridine rings is 1. The Kier molecular flexibility index (Phi) is 11.7. The second-order valence-corrected chi connectivity index (χ2v) is 13.4. The molecule has 0 unspecified atom stereocenters. The zero-order valence-corrected chi connectivity index (χ0v) is 27.3. The third kappa shape index (κ3) is 10.4. The quantitative estimate of drug-likeness (QED) is 0.245. The number of carbonyl (C=O) groups is 2. The first-order valence-corrected chi connectivity index (χ1v) is 15.8. The van der Waals surface area contributed by atoms with Gasteiger partial charge in [0.2, 0.25) is 11.8 Å². The number of β-amino-alcohol motifs (C(OH)–C–C–N with tert-alkyl or cyclic N) is 1. The predicted molar refractivity (Wildman–Crippen MR) is 176 cm³/mol. The number of aryl methyl sites for hydroxylation is 2. The minimum absolute atomic E-state index is 0.0659. The zero-order chi connectivity index (χ0) is 32.6. The molecule has 0 radical (unpaired) electrons. The van der Waals surface area contributed by atoms with E-state index in [0.29, 0.717) is 32.6 Å². The first-order chi connectivity index (χ1) is 21.4. The largest absolute Gasteiger partial charge is 0.508 e.